The number of benzene rings is 2. The second-order valence-corrected chi connectivity index (χ2v) is 8.74. The molecule has 0 aliphatic heterocycles. The molecule has 0 aliphatic carbocycles. The second kappa shape index (κ2) is 8.99. The highest BCUT2D eigenvalue weighted by Crippen LogP contribution is 2.33. The molecule has 5 aromatic rings. The molecule has 5 rings (SSSR count). The van der Waals surface area contributed by atoms with E-state index in [4.69, 9.17) is 4.42 Å². The lowest BCUT2D eigenvalue weighted by atomic mass is 10.1. The molecular weight excluding hydrogens is 434 g/mol. The second-order valence-electron chi connectivity index (χ2n) is 7.79. The third-order valence-corrected chi connectivity index (χ3v) is 6.46. The number of carbonyl (C=O) groups excluding carboxylic acids is 1. The van der Waals surface area contributed by atoms with Crippen LogP contribution >= 0.6 is 11.8 Å². The zero-order valence-corrected chi connectivity index (χ0v) is 19.2. The lowest BCUT2D eigenvalue weighted by Crippen LogP contribution is -2.27. The lowest BCUT2D eigenvalue weighted by molar-refractivity contribution is -0.127. The summed E-state index contributed by atoms with van der Waals surface area (Å²) in [7, 11) is 1.77. The van der Waals surface area contributed by atoms with E-state index in [0.717, 1.165) is 39.3 Å². The first-order valence-electron chi connectivity index (χ1n) is 10.6. The maximum absolute atomic E-state index is 12.8. The number of thioether (sulfide) groups is 1. The zero-order chi connectivity index (χ0) is 22.8. The van der Waals surface area contributed by atoms with Crippen LogP contribution in [-0.4, -0.2) is 43.4 Å². The van der Waals surface area contributed by atoms with Gasteiger partial charge in [0.25, 0.3) is 0 Å². The molecule has 0 aliphatic rings. The number of nitrogens with zero attached hydrogens (tertiary/aromatic N) is 4. The van der Waals surface area contributed by atoms with Gasteiger partial charge in [0, 0.05) is 29.7 Å². The average molecular weight is 458 g/mol. The van der Waals surface area contributed by atoms with Crippen LogP contribution in [0.15, 0.2) is 82.7 Å². The van der Waals surface area contributed by atoms with E-state index >= 15 is 0 Å². The van der Waals surface area contributed by atoms with Crippen LogP contribution in [-0.2, 0) is 11.3 Å². The SMILES string of the molecule is Cc1ccccc1-n1c(SCC(=O)N(C)Cc2ccco2)nnc1-c1c[nH]c2ccccc12. The van der Waals surface area contributed by atoms with E-state index in [1.54, 1.807) is 18.2 Å². The largest absolute Gasteiger partial charge is 0.467 e. The summed E-state index contributed by atoms with van der Waals surface area (Å²) in [5.41, 5.74) is 4.09. The molecule has 2 aromatic carbocycles. The van der Waals surface area contributed by atoms with Crippen LogP contribution in [0.3, 0.4) is 0 Å². The summed E-state index contributed by atoms with van der Waals surface area (Å²) in [4.78, 5) is 17.7. The standard InChI is InChI=1S/C25H23N5O2S/c1-17-8-3-6-12-22(17)30-24(20-14-26-21-11-5-4-10-19(20)21)27-28-25(30)33-16-23(31)29(2)15-18-9-7-13-32-18/h3-14,26H,15-16H2,1-2H3. The first kappa shape index (κ1) is 21.1. The van der Waals surface area contributed by atoms with Crippen molar-refractivity contribution in [2.24, 2.45) is 0 Å². The maximum Gasteiger partial charge on any atom is 0.233 e. The minimum absolute atomic E-state index is 0.00984. The molecule has 0 saturated carbocycles. The third kappa shape index (κ3) is 4.17. The van der Waals surface area contributed by atoms with Crippen molar-refractivity contribution in [3.63, 3.8) is 0 Å². The van der Waals surface area contributed by atoms with E-state index in [-0.39, 0.29) is 11.7 Å². The molecular formula is C25H23N5O2S. The Kier molecular flexibility index (Phi) is 5.75. The van der Waals surface area contributed by atoms with Crippen LogP contribution in [0.1, 0.15) is 11.3 Å². The number of aryl methyl sites for hydroxylation is 1. The first-order valence-corrected chi connectivity index (χ1v) is 11.6. The predicted molar refractivity (Wildman–Crippen MR) is 129 cm³/mol. The van der Waals surface area contributed by atoms with Crippen LogP contribution in [0.2, 0.25) is 0 Å². The normalized spacial score (nSPS) is 11.2. The number of amides is 1. The smallest absolute Gasteiger partial charge is 0.233 e. The van der Waals surface area contributed by atoms with Gasteiger partial charge >= 0.3 is 0 Å². The van der Waals surface area contributed by atoms with Crippen molar-refractivity contribution in [3.8, 4) is 17.1 Å². The van der Waals surface area contributed by atoms with E-state index in [9.17, 15) is 4.79 Å². The van der Waals surface area contributed by atoms with Gasteiger partial charge in [-0.2, -0.15) is 0 Å². The van der Waals surface area contributed by atoms with Crippen molar-refractivity contribution in [1.82, 2.24) is 24.6 Å². The number of rotatable bonds is 7. The first-order chi connectivity index (χ1) is 16.1. The van der Waals surface area contributed by atoms with Gasteiger partial charge in [-0.3, -0.25) is 9.36 Å². The molecule has 1 amide bonds. The van der Waals surface area contributed by atoms with Crippen molar-refractivity contribution in [2.45, 2.75) is 18.6 Å². The Bertz CT molecular complexity index is 1400. The topological polar surface area (TPSA) is 79.9 Å². The van der Waals surface area contributed by atoms with Crippen molar-refractivity contribution in [1.29, 1.82) is 0 Å². The fourth-order valence-corrected chi connectivity index (χ4v) is 4.67. The lowest BCUT2D eigenvalue weighted by Gasteiger charge is -2.16. The minimum Gasteiger partial charge on any atom is -0.467 e. The molecule has 0 saturated heterocycles. The number of furan rings is 1. The molecule has 0 atom stereocenters. The van der Waals surface area contributed by atoms with Gasteiger partial charge in [0.1, 0.15) is 5.76 Å². The van der Waals surface area contributed by atoms with E-state index in [2.05, 4.69) is 34.2 Å². The zero-order valence-electron chi connectivity index (χ0n) is 18.4. The Morgan fingerprint density at radius 3 is 2.73 bits per heavy atom. The summed E-state index contributed by atoms with van der Waals surface area (Å²) < 4.78 is 7.39. The summed E-state index contributed by atoms with van der Waals surface area (Å²) in [5, 5.41) is 10.8. The molecule has 3 aromatic heterocycles. The Morgan fingerprint density at radius 1 is 1.09 bits per heavy atom. The van der Waals surface area contributed by atoms with Gasteiger partial charge < -0.3 is 14.3 Å². The number of aromatic nitrogens is 4. The van der Waals surface area contributed by atoms with E-state index in [0.29, 0.717) is 11.7 Å². The monoisotopic (exact) mass is 457 g/mol. The maximum atomic E-state index is 12.8. The molecule has 3 heterocycles. The number of hydrogen-bond donors (Lipinski definition) is 1. The minimum atomic E-state index is -0.00984. The molecule has 0 spiro atoms. The number of carbonyl (C=O) groups is 1. The summed E-state index contributed by atoms with van der Waals surface area (Å²) in [6, 6.07) is 19.9. The van der Waals surface area contributed by atoms with Crippen LogP contribution in [0.4, 0.5) is 0 Å². The highest BCUT2D eigenvalue weighted by molar-refractivity contribution is 7.99. The van der Waals surface area contributed by atoms with Crippen molar-refractivity contribution >= 4 is 28.6 Å². The fraction of sp³-hybridized carbons (Fsp3) is 0.160. The van der Waals surface area contributed by atoms with Gasteiger partial charge in [-0.1, -0.05) is 48.2 Å². The molecule has 33 heavy (non-hydrogen) atoms. The van der Waals surface area contributed by atoms with Gasteiger partial charge in [-0.15, -0.1) is 10.2 Å². The number of H-pyrrole nitrogens is 1. The number of nitrogens with one attached hydrogen (secondary N) is 1. The van der Waals surface area contributed by atoms with Gasteiger partial charge in [0.05, 0.1) is 24.2 Å². The van der Waals surface area contributed by atoms with E-state index in [1.165, 1.54) is 11.8 Å². The Balaban J connectivity index is 1.48. The molecule has 0 fully saturated rings. The highest BCUT2D eigenvalue weighted by atomic mass is 32.2. The molecule has 166 valence electrons. The average Bonchev–Trinajstić information content (AvgIpc) is 3.57. The van der Waals surface area contributed by atoms with Crippen LogP contribution in [0.5, 0.6) is 0 Å². The highest BCUT2D eigenvalue weighted by Gasteiger charge is 2.21. The van der Waals surface area contributed by atoms with Crippen LogP contribution < -0.4 is 0 Å². The van der Waals surface area contributed by atoms with Crippen LogP contribution in [0.25, 0.3) is 28.0 Å². The number of hydrogen-bond acceptors (Lipinski definition) is 5. The quantitative estimate of drug-likeness (QED) is 0.345. The Labute approximate surface area is 195 Å². The molecule has 0 radical (unpaired) electrons. The fourth-order valence-electron chi connectivity index (χ4n) is 3.79. The third-order valence-electron chi connectivity index (χ3n) is 5.54. The molecule has 7 nitrogen and oxygen atoms in total. The predicted octanol–water partition coefficient (Wildman–Crippen LogP) is 5.07. The van der Waals surface area contributed by atoms with Gasteiger partial charge in [0.2, 0.25) is 5.91 Å². The van der Waals surface area contributed by atoms with Crippen LogP contribution in [0, 0.1) is 6.92 Å². The number of para-hydroxylation sites is 2. The van der Waals surface area contributed by atoms with Gasteiger partial charge in [0.15, 0.2) is 11.0 Å². The van der Waals surface area contributed by atoms with Crippen molar-refractivity contribution < 1.29 is 9.21 Å². The molecule has 8 heteroatoms. The molecule has 0 unspecified atom stereocenters. The molecule has 1 N–H and O–H groups in total. The summed E-state index contributed by atoms with van der Waals surface area (Å²) in [6.07, 6.45) is 3.57. The van der Waals surface area contributed by atoms with E-state index < -0.39 is 0 Å². The number of fused-ring (bicyclic) bond motifs is 1. The van der Waals surface area contributed by atoms with Crippen molar-refractivity contribution in [3.05, 3.63) is 84.4 Å². The van der Waals surface area contributed by atoms with E-state index in [1.807, 2.05) is 59.3 Å². The number of aromatic amines is 1. The Hall–Kier alpha value is -3.78. The molecule has 0 bridgehead atoms. The van der Waals surface area contributed by atoms with Gasteiger partial charge in [-0.25, -0.2) is 0 Å². The summed E-state index contributed by atoms with van der Waals surface area (Å²) >= 11 is 1.38. The summed E-state index contributed by atoms with van der Waals surface area (Å²) in [6.45, 7) is 2.49. The Morgan fingerprint density at radius 2 is 1.91 bits per heavy atom. The van der Waals surface area contributed by atoms with Crippen molar-refractivity contribution in [2.75, 3.05) is 12.8 Å². The summed E-state index contributed by atoms with van der Waals surface area (Å²) in [5.74, 6) is 1.72. The van der Waals surface area contributed by atoms with Gasteiger partial charge in [-0.05, 0) is 36.8 Å².